The first-order chi connectivity index (χ1) is 6.79. The average Bonchev–Trinajstić information content (AvgIpc) is 2.23. The Balaban J connectivity index is 2.58. The molecule has 0 bridgehead atoms. The van der Waals surface area contributed by atoms with Crippen molar-refractivity contribution in [3.8, 4) is 11.1 Å². The zero-order valence-corrected chi connectivity index (χ0v) is 8.05. The van der Waals surface area contributed by atoms with E-state index in [2.05, 4.69) is 6.07 Å². The Hall–Kier alpha value is -1.34. The lowest BCUT2D eigenvalue weighted by Crippen LogP contribution is -1.83. The minimum atomic E-state index is -0.506. The van der Waals surface area contributed by atoms with Crippen molar-refractivity contribution < 1.29 is 4.39 Å². The average molecular weight is 206 g/mol. The van der Waals surface area contributed by atoms with Crippen LogP contribution in [0.25, 0.3) is 11.1 Å². The van der Waals surface area contributed by atoms with Crippen molar-refractivity contribution in [1.82, 2.24) is 0 Å². The van der Waals surface area contributed by atoms with E-state index >= 15 is 0 Å². The van der Waals surface area contributed by atoms with Crippen LogP contribution in [0.1, 0.15) is 0 Å². The molecular formula is C12H7ClF. The third-order valence-electron chi connectivity index (χ3n) is 1.97. The largest absolute Gasteiger partial charge is 0.205 e. The molecule has 0 aromatic heterocycles. The SMILES string of the molecule is Fc1[c]ccc(-c2ccccc2)c1Cl. The van der Waals surface area contributed by atoms with Gasteiger partial charge in [0.15, 0.2) is 0 Å². The van der Waals surface area contributed by atoms with E-state index in [1.165, 1.54) is 6.07 Å². The number of rotatable bonds is 1. The number of benzene rings is 2. The van der Waals surface area contributed by atoms with Gasteiger partial charge in [0.2, 0.25) is 0 Å². The van der Waals surface area contributed by atoms with Gasteiger partial charge in [-0.15, -0.1) is 0 Å². The Morgan fingerprint density at radius 3 is 2.50 bits per heavy atom. The maximum absolute atomic E-state index is 13.1. The van der Waals surface area contributed by atoms with E-state index in [1.54, 1.807) is 6.07 Å². The van der Waals surface area contributed by atoms with Crippen molar-refractivity contribution in [2.24, 2.45) is 0 Å². The van der Waals surface area contributed by atoms with Gasteiger partial charge >= 0.3 is 0 Å². The van der Waals surface area contributed by atoms with Crippen molar-refractivity contribution in [3.63, 3.8) is 0 Å². The molecule has 2 aromatic rings. The van der Waals surface area contributed by atoms with E-state index in [1.807, 2.05) is 30.3 Å². The molecular weight excluding hydrogens is 199 g/mol. The zero-order valence-electron chi connectivity index (χ0n) is 7.30. The van der Waals surface area contributed by atoms with Gasteiger partial charge in [-0.25, -0.2) is 4.39 Å². The highest BCUT2D eigenvalue weighted by molar-refractivity contribution is 6.33. The molecule has 1 radical (unpaired) electrons. The molecule has 0 aliphatic heterocycles. The third-order valence-corrected chi connectivity index (χ3v) is 2.34. The molecule has 0 nitrogen and oxygen atoms in total. The molecule has 69 valence electrons. The van der Waals surface area contributed by atoms with Crippen molar-refractivity contribution >= 4 is 11.6 Å². The fourth-order valence-electron chi connectivity index (χ4n) is 1.29. The zero-order chi connectivity index (χ0) is 9.97. The van der Waals surface area contributed by atoms with Crippen LogP contribution in [-0.2, 0) is 0 Å². The molecule has 0 aliphatic carbocycles. The minimum absolute atomic E-state index is 0.124. The molecule has 14 heavy (non-hydrogen) atoms. The van der Waals surface area contributed by atoms with Crippen LogP contribution in [0, 0.1) is 11.9 Å². The van der Waals surface area contributed by atoms with Gasteiger partial charge in [0.05, 0.1) is 5.02 Å². The first-order valence-electron chi connectivity index (χ1n) is 4.20. The second-order valence-electron chi connectivity index (χ2n) is 2.89. The number of hydrogen-bond acceptors (Lipinski definition) is 0. The van der Waals surface area contributed by atoms with Crippen LogP contribution in [0.4, 0.5) is 4.39 Å². The quantitative estimate of drug-likeness (QED) is 0.662. The summed E-state index contributed by atoms with van der Waals surface area (Å²) in [6.45, 7) is 0. The van der Waals surface area contributed by atoms with Crippen LogP contribution >= 0.6 is 11.6 Å². The van der Waals surface area contributed by atoms with Crippen molar-refractivity contribution in [1.29, 1.82) is 0 Å². The topological polar surface area (TPSA) is 0 Å². The summed E-state index contributed by atoms with van der Waals surface area (Å²) in [7, 11) is 0. The van der Waals surface area contributed by atoms with E-state index in [0.29, 0.717) is 5.56 Å². The lowest BCUT2D eigenvalue weighted by atomic mass is 10.1. The van der Waals surface area contributed by atoms with Crippen LogP contribution in [-0.4, -0.2) is 0 Å². The monoisotopic (exact) mass is 205 g/mol. The van der Waals surface area contributed by atoms with Crippen LogP contribution in [0.15, 0.2) is 42.5 Å². The molecule has 2 rings (SSSR count). The van der Waals surface area contributed by atoms with E-state index in [4.69, 9.17) is 11.6 Å². The smallest absolute Gasteiger partial charge is 0.150 e. The Morgan fingerprint density at radius 2 is 1.79 bits per heavy atom. The summed E-state index contributed by atoms with van der Waals surface area (Å²) in [5, 5.41) is 0.124. The Kier molecular flexibility index (Phi) is 2.51. The van der Waals surface area contributed by atoms with Crippen molar-refractivity contribution in [2.45, 2.75) is 0 Å². The molecule has 0 heterocycles. The Bertz CT molecular complexity index is 437. The molecule has 0 N–H and O–H groups in total. The van der Waals surface area contributed by atoms with E-state index < -0.39 is 5.82 Å². The highest BCUT2D eigenvalue weighted by Gasteiger charge is 2.06. The van der Waals surface area contributed by atoms with Crippen molar-refractivity contribution in [3.05, 3.63) is 59.4 Å². The third kappa shape index (κ3) is 1.64. The molecule has 0 spiro atoms. The van der Waals surface area contributed by atoms with Gasteiger partial charge in [-0.05, 0) is 5.56 Å². The van der Waals surface area contributed by atoms with Gasteiger partial charge in [-0.3, -0.25) is 0 Å². The molecule has 0 saturated carbocycles. The van der Waals surface area contributed by atoms with Gasteiger partial charge in [-0.2, -0.15) is 0 Å². The summed E-state index contributed by atoms with van der Waals surface area (Å²) in [6.07, 6.45) is 0. The van der Waals surface area contributed by atoms with Gasteiger partial charge in [0, 0.05) is 11.6 Å². The van der Waals surface area contributed by atoms with Crippen LogP contribution in [0.5, 0.6) is 0 Å². The lowest BCUT2D eigenvalue weighted by Gasteiger charge is -2.03. The molecule has 0 atom stereocenters. The maximum atomic E-state index is 13.1. The Morgan fingerprint density at radius 1 is 1.07 bits per heavy atom. The predicted octanol–water partition coefficient (Wildman–Crippen LogP) is 3.95. The van der Waals surface area contributed by atoms with E-state index in [-0.39, 0.29) is 5.02 Å². The van der Waals surface area contributed by atoms with E-state index in [0.717, 1.165) is 5.56 Å². The normalized spacial score (nSPS) is 10.1. The van der Waals surface area contributed by atoms with Gasteiger partial charge in [-0.1, -0.05) is 54.1 Å². The summed E-state index contributed by atoms with van der Waals surface area (Å²) in [5.74, 6) is -0.506. The minimum Gasteiger partial charge on any atom is -0.205 e. The van der Waals surface area contributed by atoms with Gasteiger partial charge < -0.3 is 0 Å². The van der Waals surface area contributed by atoms with Crippen LogP contribution in [0.3, 0.4) is 0 Å². The molecule has 0 aliphatic rings. The maximum Gasteiger partial charge on any atom is 0.150 e. The van der Waals surface area contributed by atoms with Gasteiger partial charge in [0.1, 0.15) is 5.82 Å². The summed E-state index contributed by atoms with van der Waals surface area (Å²) in [5.41, 5.74) is 1.61. The number of halogens is 2. The molecule has 0 amide bonds. The second kappa shape index (κ2) is 3.81. The summed E-state index contributed by atoms with van der Waals surface area (Å²) in [6, 6.07) is 15.2. The highest BCUT2D eigenvalue weighted by Crippen LogP contribution is 2.29. The molecule has 2 heteroatoms. The summed E-state index contributed by atoms with van der Waals surface area (Å²) >= 11 is 5.82. The van der Waals surface area contributed by atoms with Crippen molar-refractivity contribution in [2.75, 3.05) is 0 Å². The fourth-order valence-corrected chi connectivity index (χ4v) is 1.52. The molecule has 2 aromatic carbocycles. The highest BCUT2D eigenvalue weighted by atomic mass is 35.5. The predicted molar refractivity (Wildman–Crippen MR) is 55.7 cm³/mol. The second-order valence-corrected chi connectivity index (χ2v) is 3.26. The Labute approximate surface area is 87.0 Å². The van der Waals surface area contributed by atoms with Crippen LogP contribution < -0.4 is 0 Å². The molecule has 0 saturated heterocycles. The van der Waals surface area contributed by atoms with Gasteiger partial charge in [0.25, 0.3) is 0 Å². The number of hydrogen-bond donors (Lipinski definition) is 0. The first-order valence-corrected chi connectivity index (χ1v) is 4.58. The summed E-state index contributed by atoms with van der Waals surface area (Å²) < 4.78 is 13.1. The first kappa shape index (κ1) is 9.22. The fraction of sp³-hybridized carbons (Fsp3) is 0. The molecule has 0 unspecified atom stereocenters. The standard InChI is InChI=1S/C12H7ClF/c13-12-10(7-4-8-11(12)14)9-5-2-1-3-6-9/h1-7H. The van der Waals surface area contributed by atoms with Crippen LogP contribution in [0.2, 0.25) is 5.02 Å². The molecule has 0 fully saturated rings. The summed E-state index contributed by atoms with van der Waals surface area (Å²) in [4.78, 5) is 0. The van der Waals surface area contributed by atoms with E-state index in [9.17, 15) is 4.39 Å². The lowest BCUT2D eigenvalue weighted by molar-refractivity contribution is 0.626.